The van der Waals surface area contributed by atoms with E-state index in [-0.39, 0.29) is 5.56 Å². The van der Waals surface area contributed by atoms with E-state index in [0.29, 0.717) is 44.3 Å². The summed E-state index contributed by atoms with van der Waals surface area (Å²) in [5, 5.41) is 24.6. The predicted molar refractivity (Wildman–Crippen MR) is 135 cm³/mol. The summed E-state index contributed by atoms with van der Waals surface area (Å²) >= 11 is 1.36. The van der Waals surface area contributed by atoms with Crippen molar-refractivity contribution in [2.75, 3.05) is 0 Å². The number of rotatable bonds is 5. The molecule has 5 aromatic rings. The average Bonchev–Trinajstić information content (AvgIpc) is 3.23. The van der Waals surface area contributed by atoms with E-state index in [1.807, 2.05) is 55.5 Å². The monoisotopic (exact) mass is 474 g/mol. The Morgan fingerprint density at radius 3 is 2.31 bits per heavy atom. The van der Waals surface area contributed by atoms with Gasteiger partial charge in [0.25, 0.3) is 5.56 Å². The standard InChI is InChI=1S/C27H18N6OS/c1-18-23(16-29)25(33(31-18)21-7-3-2-4-8-21)17-35-27-30-24-10-6-5-9-22(24)26(34)32(27)20-13-11-19(15-28)12-14-20/h2-14H,17H2,1H3. The van der Waals surface area contributed by atoms with Crippen LogP contribution >= 0.6 is 11.8 Å². The third-order valence-corrected chi connectivity index (χ3v) is 6.56. The van der Waals surface area contributed by atoms with Gasteiger partial charge in [0.1, 0.15) is 6.07 Å². The van der Waals surface area contributed by atoms with Gasteiger partial charge in [-0.3, -0.25) is 9.36 Å². The molecule has 8 heteroatoms. The first-order valence-electron chi connectivity index (χ1n) is 10.8. The lowest BCUT2D eigenvalue weighted by molar-refractivity contribution is 0.810. The lowest BCUT2D eigenvalue weighted by Gasteiger charge is -2.14. The molecule has 0 amide bonds. The largest absolute Gasteiger partial charge is 0.268 e. The van der Waals surface area contributed by atoms with Crippen molar-refractivity contribution in [2.24, 2.45) is 0 Å². The van der Waals surface area contributed by atoms with Crippen LogP contribution in [0.4, 0.5) is 0 Å². The molecule has 0 atom stereocenters. The number of nitrogens with zero attached hydrogens (tertiary/aromatic N) is 6. The van der Waals surface area contributed by atoms with Crippen LogP contribution in [0.5, 0.6) is 0 Å². The fourth-order valence-electron chi connectivity index (χ4n) is 3.89. The summed E-state index contributed by atoms with van der Waals surface area (Å²) in [7, 11) is 0. The fraction of sp³-hybridized carbons (Fsp3) is 0.0741. The second kappa shape index (κ2) is 9.30. The molecule has 0 saturated heterocycles. The third-order valence-electron chi connectivity index (χ3n) is 5.61. The van der Waals surface area contributed by atoms with Crippen LogP contribution in [0, 0.1) is 29.6 Å². The second-order valence-electron chi connectivity index (χ2n) is 7.77. The summed E-state index contributed by atoms with van der Waals surface area (Å²) in [6, 6.07) is 28.0. The van der Waals surface area contributed by atoms with E-state index in [1.54, 1.807) is 39.6 Å². The van der Waals surface area contributed by atoms with Crippen molar-refractivity contribution in [1.82, 2.24) is 19.3 Å². The van der Waals surface area contributed by atoms with Gasteiger partial charge in [-0.15, -0.1) is 0 Å². The number of para-hydroxylation sites is 2. The number of aryl methyl sites for hydroxylation is 1. The molecule has 5 rings (SSSR count). The Morgan fingerprint density at radius 2 is 1.60 bits per heavy atom. The van der Waals surface area contributed by atoms with E-state index in [9.17, 15) is 10.1 Å². The van der Waals surface area contributed by atoms with Crippen LogP contribution < -0.4 is 5.56 Å². The quantitative estimate of drug-likeness (QED) is 0.265. The molecule has 0 N–H and O–H groups in total. The van der Waals surface area contributed by atoms with Gasteiger partial charge in [-0.1, -0.05) is 42.1 Å². The van der Waals surface area contributed by atoms with E-state index in [1.165, 1.54) is 11.8 Å². The van der Waals surface area contributed by atoms with Crippen molar-refractivity contribution in [2.45, 2.75) is 17.8 Å². The first kappa shape index (κ1) is 22.1. The van der Waals surface area contributed by atoms with Crippen LogP contribution in [0.1, 0.15) is 22.5 Å². The average molecular weight is 475 g/mol. The molecule has 0 bridgehead atoms. The Kier molecular flexibility index (Phi) is 5.88. The number of hydrogen-bond donors (Lipinski definition) is 0. The molecule has 3 aromatic carbocycles. The lowest BCUT2D eigenvalue weighted by atomic mass is 10.2. The van der Waals surface area contributed by atoms with Crippen LogP contribution in [-0.2, 0) is 5.75 Å². The van der Waals surface area contributed by atoms with Crippen LogP contribution in [0.3, 0.4) is 0 Å². The molecule has 0 aliphatic heterocycles. The molecule has 0 aliphatic carbocycles. The molecule has 0 fully saturated rings. The van der Waals surface area contributed by atoms with Crippen LogP contribution in [-0.4, -0.2) is 19.3 Å². The van der Waals surface area contributed by atoms with Gasteiger partial charge in [0.2, 0.25) is 0 Å². The molecule has 0 unspecified atom stereocenters. The molecule has 7 nitrogen and oxygen atoms in total. The molecule has 2 aromatic heterocycles. The van der Waals surface area contributed by atoms with E-state index < -0.39 is 0 Å². The molecule has 168 valence electrons. The SMILES string of the molecule is Cc1nn(-c2ccccc2)c(CSc2nc3ccccc3c(=O)n2-c2ccc(C#N)cc2)c1C#N. The number of hydrogen-bond acceptors (Lipinski definition) is 6. The topological polar surface area (TPSA) is 100 Å². The zero-order valence-electron chi connectivity index (χ0n) is 18.7. The van der Waals surface area contributed by atoms with Crippen molar-refractivity contribution in [3.8, 4) is 23.5 Å². The van der Waals surface area contributed by atoms with Crippen molar-refractivity contribution in [1.29, 1.82) is 10.5 Å². The zero-order chi connectivity index (χ0) is 24.4. The Balaban J connectivity index is 1.63. The smallest absolute Gasteiger partial charge is 0.266 e. The number of benzene rings is 3. The maximum absolute atomic E-state index is 13.5. The Bertz CT molecular complexity index is 1690. The Hall–Kier alpha value is -4.66. The van der Waals surface area contributed by atoms with Gasteiger partial charge in [-0.25, -0.2) is 9.67 Å². The number of thioether (sulfide) groups is 1. The molecule has 0 spiro atoms. The number of aromatic nitrogens is 4. The highest BCUT2D eigenvalue weighted by Crippen LogP contribution is 2.28. The predicted octanol–water partition coefficient (Wildman–Crippen LogP) is 4.92. The minimum Gasteiger partial charge on any atom is -0.268 e. The van der Waals surface area contributed by atoms with Crippen LogP contribution in [0.15, 0.2) is 88.8 Å². The molecule has 2 heterocycles. The van der Waals surface area contributed by atoms with Crippen LogP contribution in [0.25, 0.3) is 22.3 Å². The summed E-state index contributed by atoms with van der Waals surface area (Å²) in [4.78, 5) is 18.3. The highest BCUT2D eigenvalue weighted by Gasteiger charge is 2.19. The highest BCUT2D eigenvalue weighted by atomic mass is 32.2. The summed E-state index contributed by atoms with van der Waals surface area (Å²) < 4.78 is 3.32. The van der Waals surface area contributed by atoms with Gasteiger partial charge in [-0.05, 0) is 55.5 Å². The van der Waals surface area contributed by atoms with Crippen LogP contribution in [0.2, 0.25) is 0 Å². The maximum Gasteiger partial charge on any atom is 0.266 e. The summed E-state index contributed by atoms with van der Waals surface area (Å²) in [6.07, 6.45) is 0. The van der Waals surface area contributed by atoms with E-state index in [4.69, 9.17) is 10.2 Å². The normalized spacial score (nSPS) is 10.7. The Labute approximate surface area is 205 Å². The first-order chi connectivity index (χ1) is 17.1. The molecule has 35 heavy (non-hydrogen) atoms. The Morgan fingerprint density at radius 1 is 0.886 bits per heavy atom. The van der Waals surface area contributed by atoms with E-state index in [2.05, 4.69) is 17.2 Å². The number of fused-ring (bicyclic) bond motifs is 1. The summed E-state index contributed by atoms with van der Waals surface area (Å²) in [6.45, 7) is 1.81. The van der Waals surface area contributed by atoms with Crippen molar-refractivity contribution < 1.29 is 0 Å². The van der Waals surface area contributed by atoms with Gasteiger partial charge in [0.05, 0.1) is 50.9 Å². The molecular formula is C27H18N6OS. The third kappa shape index (κ3) is 4.08. The van der Waals surface area contributed by atoms with Crippen molar-refractivity contribution in [3.63, 3.8) is 0 Å². The second-order valence-corrected chi connectivity index (χ2v) is 8.71. The highest BCUT2D eigenvalue weighted by molar-refractivity contribution is 7.98. The maximum atomic E-state index is 13.5. The van der Waals surface area contributed by atoms with Gasteiger partial charge in [0, 0.05) is 5.75 Å². The minimum atomic E-state index is -0.198. The lowest BCUT2D eigenvalue weighted by Crippen LogP contribution is -2.21. The van der Waals surface area contributed by atoms with Crippen molar-refractivity contribution >= 4 is 22.7 Å². The zero-order valence-corrected chi connectivity index (χ0v) is 19.5. The van der Waals surface area contributed by atoms with E-state index >= 15 is 0 Å². The van der Waals surface area contributed by atoms with Gasteiger partial charge < -0.3 is 0 Å². The fourth-order valence-corrected chi connectivity index (χ4v) is 4.90. The molecule has 0 aliphatic rings. The number of nitriles is 2. The van der Waals surface area contributed by atoms with E-state index in [0.717, 1.165) is 11.4 Å². The van der Waals surface area contributed by atoms with Gasteiger partial charge in [0.15, 0.2) is 5.16 Å². The molecule has 0 saturated carbocycles. The van der Waals surface area contributed by atoms with Gasteiger partial charge >= 0.3 is 0 Å². The first-order valence-corrected chi connectivity index (χ1v) is 11.8. The van der Waals surface area contributed by atoms with Crippen molar-refractivity contribution in [3.05, 3.63) is 112 Å². The summed E-state index contributed by atoms with van der Waals surface area (Å²) in [5.74, 6) is 0.375. The minimum absolute atomic E-state index is 0.198. The summed E-state index contributed by atoms with van der Waals surface area (Å²) in [5.41, 5.74) is 4.25. The molecular weight excluding hydrogens is 456 g/mol. The molecule has 0 radical (unpaired) electrons. The van der Waals surface area contributed by atoms with Gasteiger partial charge in [-0.2, -0.15) is 15.6 Å².